The smallest absolute Gasteiger partial charge is 0.328 e. The molecule has 1 saturated heterocycles. The van der Waals surface area contributed by atoms with Crippen LogP contribution in [0.1, 0.15) is 71.1 Å². The fraction of sp³-hybridized carbons (Fsp3) is 0.531. The third kappa shape index (κ3) is 13.4. The Morgan fingerprint density at radius 1 is 1.09 bits per heavy atom. The van der Waals surface area contributed by atoms with Crippen LogP contribution in [0.15, 0.2) is 66.8 Å². The molecule has 16 nitrogen and oxygen atoms in total. The number of ether oxygens (including phenoxy) is 4. The van der Waals surface area contributed by atoms with Crippen molar-refractivity contribution in [3.05, 3.63) is 83.0 Å². The van der Waals surface area contributed by atoms with Crippen LogP contribution in [0.25, 0.3) is 10.9 Å². The van der Waals surface area contributed by atoms with E-state index in [1.54, 1.807) is 20.9 Å². The number of anilines is 1. The maximum absolute atomic E-state index is 14.2. The highest BCUT2D eigenvalue weighted by Gasteiger charge is 2.63. The van der Waals surface area contributed by atoms with E-state index in [2.05, 4.69) is 44.9 Å². The van der Waals surface area contributed by atoms with Gasteiger partial charge in [-0.3, -0.25) is 25.2 Å². The Morgan fingerprint density at radius 2 is 1.83 bits per heavy atom. The standard InChI is InChI=1S/C49H69ClN8O8/c1-32-40(64-34(3)51)21-15-13-11-10-12-14-18-35-26-39(46(50)41(27-35)63-9)57(8)44(60)29-42(49(4)47(32)66-49)65-48(62)33(2)56(7)45(61)30-53-23-24-54-43(59)22-25-58-37(31-55(6)52-5)28-36-19-16-17-20-38(36)58/h10-12,14,16-17,19-20,26-28,32-33,40,42,47,51-53H,13,15,18,21-25,29-31H2,1-9H3,(H,54,59). The number of hydrazine groups is 1. The van der Waals surface area contributed by atoms with Gasteiger partial charge in [0.05, 0.1) is 38.4 Å². The molecule has 5 rings (SSSR count). The lowest BCUT2D eigenvalue weighted by Gasteiger charge is -2.30. The van der Waals surface area contributed by atoms with Gasteiger partial charge in [0.2, 0.25) is 17.7 Å². The van der Waals surface area contributed by atoms with Crippen molar-refractivity contribution in [3.8, 4) is 5.75 Å². The molecule has 0 saturated carbocycles. The predicted molar refractivity (Wildman–Crippen MR) is 258 cm³/mol. The number of hydrogen-bond acceptors (Lipinski definition) is 12. The molecule has 2 aromatic carbocycles. The summed E-state index contributed by atoms with van der Waals surface area (Å²) in [7, 11) is 8.47. The molecule has 2 aliphatic rings. The average Bonchev–Trinajstić information content (AvgIpc) is 3.88. The van der Waals surface area contributed by atoms with Crippen LogP contribution in [-0.2, 0) is 52.9 Å². The number of carbonyl (C=O) groups is 4. The highest BCUT2D eigenvalue weighted by molar-refractivity contribution is 6.35. The number of hydrogen-bond donors (Lipinski definition) is 4. The number of rotatable bonds is 16. The lowest BCUT2D eigenvalue weighted by molar-refractivity contribution is -0.161. The molecule has 1 fully saturated rings. The van der Waals surface area contributed by atoms with Crippen molar-refractivity contribution in [3.63, 3.8) is 0 Å². The molecule has 3 heterocycles. The number of nitrogens with one attached hydrogen (secondary N) is 4. The summed E-state index contributed by atoms with van der Waals surface area (Å²) in [6.07, 6.45) is 9.05. The molecule has 2 bridgehead atoms. The number of epoxide rings is 1. The maximum Gasteiger partial charge on any atom is 0.328 e. The number of amides is 3. The van der Waals surface area contributed by atoms with Crippen molar-refractivity contribution in [1.82, 2.24) is 30.5 Å². The highest BCUT2D eigenvalue weighted by atomic mass is 35.5. The van der Waals surface area contributed by atoms with Crippen LogP contribution >= 0.6 is 11.6 Å². The number of aryl methyl sites for hydroxylation is 1. The van der Waals surface area contributed by atoms with Gasteiger partial charge in [0, 0.05) is 71.3 Å². The number of aromatic nitrogens is 1. The summed E-state index contributed by atoms with van der Waals surface area (Å²) in [4.78, 5) is 57.2. The number of para-hydroxylation sites is 1. The Balaban J connectivity index is 1.21. The summed E-state index contributed by atoms with van der Waals surface area (Å²) in [5.41, 5.74) is 5.51. The summed E-state index contributed by atoms with van der Waals surface area (Å²) < 4.78 is 26.3. The Morgan fingerprint density at radius 3 is 2.56 bits per heavy atom. The number of benzene rings is 2. The van der Waals surface area contributed by atoms with E-state index in [1.807, 2.05) is 75.4 Å². The van der Waals surface area contributed by atoms with Gasteiger partial charge in [0.25, 0.3) is 0 Å². The van der Waals surface area contributed by atoms with Crippen molar-refractivity contribution in [2.75, 3.05) is 59.8 Å². The zero-order chi connectivity index (χ0) is 48.1. The summed E-state index contributed by atoms with van der Waals surface area (Å²) in [5.74, 6) is -1.29. The topological polar surface area (TPSA) is 183 Å². The van der Waals surface area contributed by atoms with E-state index >= 15 is 0 Å². The lowest BCUT2D eigenvalue weighted by Crippen LogP contribution is -2.48. The molecule has 66 heavy (non-hydrogen) atoms. The maximum atomic E-state index is 14.2. The van der Waals surface area contributed by atoms with E-state index in [4.69, 9.17) is 36.0 Å². The van der Waals surface area contributed by atoms with Crippen molar-refractivity contribution in [2.45, 2.75) is 109 Å². The molecule has 0 spiro atoms. The second kappa shape index (κ2) is 24.0. The number of carbonyl (C=O) groups excluding carboxylic acids is 4. The first-order valence-electron chi connectivity index (χ1n) is 22.7. The second-order valence-electron chi connectivity index (χ2n) is 17.4. The third-order valence-electron chi connectivity index (χ3n) is 12.6. The quantitative estimate of drug-likeness (QED) is 0.0341. The largest absolute Gasteiger partial charge is 0.495 e. The molecule has 17 heteroatoms. The SMILES string of the molecule is CNN(C)Cc1cc2ccccc2n1CCC(=O)NCCNCC(=O)N(C)C(C)C(=O)OC1CC(=O)N(C)c2cc(cc(OC)c2Cl)CC=CC=CCCCC(OC(C)=N)C(C)C2OC12C. The molecule has 2 aliphatic heterocycles. The Hall–Kier alpha value is -5.26. The van der Waals surface area contributed by atoms with E-state index < -0.39 is 29.8 Å². The molecule has 4 N–H and O–H groups in total. The van der Waals surface area contributed by atoms with Gasteiger partial charge in [-0.1, -0.05) is 61.0 Å². The number of nitrogens with zero attached hydrogens (tertiary/aromatic N) is 4. The van der Waals surface area contributed by atoms with E-state index in [-0.39, 0.29) is 60.1 Å². The first-order valence-corrected chi connectivity index (χ1v) is 23.1. The van der Waals surface area contributed by atoms with Crippen molar-refractivity contribution in [1.29, 1.82) is 5.41 Å². The van der Waals surface area contributed by atoms with Gasteiger partial charge in [0.1, 0.15) is 34.6 Å². The van der Waals surface area contributed by atoms with Crippen LogP contribution in [0, 0.1) is 11.3 Å². The highest BCUT2D eigenvalue weighted by Crippen LogP contribution is 2.48. The number of esters is 1. The average molecular weight is 934 g/mol. The molecule has 1 aromatic heterocycles. The number of methoxy groups -OCH3 is 1. The molecule has 3 aromatic rings. The minimum Gasteiger partial charge on any atom is -0.495 e. The van der Waals surface area contributed by atoms with Crippen molar-refractivity contribution >= 4 is 57.8 Å². The molecule has 6 unspecified atom stereocenters. The van der Waals surface area contributed by atoms with Crippen LogP contribution in [0.4, 0.5) is 5.69 Å². The van der Waals surface area contributed by atoms with Crippen LogP contribution in [0.5, 0.6) is 5.75 Å². The fourth-order valence-corrected chi connectivity index (χ4v) is 8.64. The number of fused-ring (bicyclic) bond motifs is 4. The fourth-order valence-electron chi connectivity index (χ4n) is 8.32. The molecule has 3 amide bonds. The zero-order valence-corrected chi connectivity index (χ0v) is 40.7. The van der Waals surface area contributed by atoms with Crippen molar-refractivity contribution < 1.29 is 38.1 Å². The van der Waals surface area contributed by atoms with Crippen LogP contribution in [-0.4, -0.2) is 129 Å². The van der Waals surface area contributed by atoms with Crippen LogP contribution < -0.4 is 25.7 Å². The summed E-state index contributed by atoms with van der Waals surface area (Å²) in [6, 6.07) is 12.9. The van der Waals surface area contributed by atoms with Gasteiger partial charge < -0.3 is 43.9 Å². The number of allylic oxidation sites excluding steroid dienone is 4. The van der Waals surface area contributed by atoms with E-state index in [0.717, 1.165) is 35.0 Å². The number of likely N-dealkylation sites (N-methyl/N-ethyl adjacent to an activating group) is 1. The van der Waals surface area contributed by atoms with Gasteiger partial charge in [0.15, 0.2) is 5.90 Å². The van der Waals surface area contributed by atoms with E-state index in [0.29, 0.717) is 50.5 Å². The normalized spacial score (nSPS) is 21.9. The van der Waals surface area contributed by atoms with Gasteiger partial charge in [-0.2, -0.15) is 0 Å². The summed E-state index contributed by atoms with van der Waals surface area (Å²) >= 11 is 6.78. The number of halogens is 1. The molecule has 6 atom stereocenters. The van der Waals surface area contributed by atoms with E-state index in [1.165, 1.54) is 24.0 Å². The van der Waals surface area contributed by atoms with Gasteiger partial charge in [-0.15, -0.1) is 0 Å². The predicted octanol–water partition coefficient (Wildman–Crippen LogP) is 5.79. The molecular formula is C49H69ClN8O8. The van der Waals surface area contributed by atoms with Gasteiger partial charge in [-0.05, 0) is 81.8 Å². The molecule has 360 valence electrons. The first kappa shape index (κ1) is 51.7. The monoisotopic (exact) mass is 932 g/mol. The molecule has 0 radical (unpaired) electrons. The minimum absolute atomic E-state index is 0.0844. The van der Waals surface area contributed by atoms with Gasteiger partial charge >= 0.3 is 5.97 Å². The van der Waals surface area contributed by atoms with Gasteiger partial charge in [-0.25, -0.2) is 9.80 Å². The van der Waals surface area contributed by atoms with Crippen LogP contribution in [0.2, 0.25) is 5.02 Å². The third-order valence-corrected chi connectivity index (χ3v) is 13.0. The minimum atomic E-state index is -1.09. The summed E-state index contributed by atoms with van der Waals surface area (Å²) in [5, 5.41) is 17.5. The van der Waals surface area contributed by atoms with Crippen molar-refractivity contribution in [2.24, 2.45) is 5.92 Å². The van der Waals surface area contributed by atoms with E-state index in [9.17, 15) is 19.2 Å². The molecular weight excluding hydrogens is 864 g/mol. The zero-order valence-electron chi connectivity index (χ0n) is 39.9. The molecule has 0 aliphatic carbocycles. The Bertz CT molecular complexity index is 2250. The lowest BCUT2D eigenvalue weighted by atomic mass is 9.86. The first-order chi connectivity index (χ1) is 31.5. The Kier molecular flexibility index (Phi) is 18.8. The Labute approximate surface area is 394 Å². The second-order valence-corrected chi connectivity index (χ2v) is 17.8. The van der Waals surface area contributed by atoms with Crippen LogP contribution in [0.3, 0.4) is 0 Å². The summed E-state index contributed by atoms with van der Waals surface area (Å²) in [6.45, 7) is 8.69.